The van der Waals surface area contributed by atoms with Gasteiger partial charge in [0.2, 0.25) is 5.95 Å². The number of hydrogen-bond acceptors (Lipinski definition) is 4. The molecule has 1 aliphatic heterocycles. The second-order valence-corrected chi connectivity index (χ2v) is 4.60. The van der Waals surface area contributed by atoms with Crippen molar-refractivity contribution in [1.29, 1.82) is 0 Å². The molecule has 0 radical (unpaired) electrons. The Morgan fingerprint density at radius 1 is 1.28 bits per heavy atom. The summed E-state index contributed by atoms with van der Waals surface area (Å²) in [5, 5.41) is 9.01. The lowest BCUT2D eigenvalue weighted by atomic mass is 10.1. The average molecular weight is 241 g/mol. The fraction of sp³-hybridized carbons (Fsp3) is 0.286. The number of fused-ring (bicyclic) bond motifs is 1. The van der Waals surface area contributed by atoms with Gasteiger partial charge in [-0.1, -0.05) is 18.2 Å². The molecular formula is C14H15N3O. The number of anilines is 2. The van der Waals surface area contributed by atoms with Crippen LogP contribution in [0.5, 0.6) is 0 Å². The molecule has 0 aliphatic carbocycles. The van der Waals surface area contributed by atoms with E-state index in [1.165, 1.54) is 11.3 Å². The predicted octanol–water partition coefficient (Wildman–Crippen LogP) is 2.05. The van der Waals surface area contributed by atoms with Crippen LogP contribution in [0, 0.1) is 0 Å². The molecule has 1 aromatic carbocycles. The molecule has 0 bridgehead atoms. The zero-order chi connectivity index (χ0) is 12.5. The van der Waals surface area contributed by atoms with Gasteiger partial charge in [0.05, 0.1) is 6.61 Å². The molecular weight excluding hydrogens is 226 g/mol. The zero-order valence-electron chi connectivity index (χ0n) is 10.2. The highest BCUT2D eigenvalue weighted by Gasteiger charge is 2.28. The maximum atomic E-state index is 9.01. The second kappa shape index (κ2) is 4.38. The Hall–Kier alpha value is -1.94. The molecule has 0 saturated heterocycles. The SMILES string of the molecule is CC1Cc2ccccc2N1c1ncc(CO)cn1. The van der Waals surface area contributed by atoms with Gasteiger partial charge < -0.3 is 10.0 Å². The number of aromatic nitrogens is 2. The van der Waals surface area contributed by atoms with Crippen LogP contribution in [0.1, 0.15) is 18.1 Å². The highest BCUT2D eigenvalue weighted by atomic mass is 16.3. The van der Waals surface area contributed by atoms with Crippen molar-refractivity contribution >= 4 is 11.6 Å². The molecule has 3 rings (SSSR count). The van der Waals surface area contributed by atoms with Crippen molar-refractivity contribution in [2.24, 2.45) is 0 Å². The van der Waals surface area contributed by atoms with E-state index in [-0.39, 0.29) is 6.61 Å². The number of aliphatic hydroxyl groups is 1. The molecule has 2 aromatic rings. The second-order valence-electron chi connectivity index (χ2n) is 4.60. The molecule has 92 valence electrons. The molecule has 0 fully saturated rings. The van der Waals surface area contributed by atoms with Crippen molar-refractivity contribution in [2.75, 3.05) is 4.90 Å². The van der Waals surface area contributed by atoms with Crippen LogP contribution in [0.4, 0.5) is 11.6 Å². The lowest BCUT2D eigenvalue weighted by Crippen LogP contribution is -2.25. The smallest absolute Gasteiger partial charge is 0.230 e. The summed E-state index contributed by atoms with van der Waals surface area (Å²) < 4.78 is 0. The largest absolute Gasteiger partial charge is 0.392 e. The number of benzene rings is 1. The fourth-order valence-corrected chi connectivity index (χ4v) is 2.42. The summed E-state index contributed by atoms with van der Waals surface area (Å²) in [5.74, 6) is 0.699. The quantitative estimate of drug-likeness (QED) is 0.874. The van der Waals surface area contributed by atoms with Crippen LogP contribution in [-0.2, 0) is 13.0 Å². The Morgan fingerprint density at radius 3 is 2.72 bits per heavy atom. The van der Waals surface area contributed by atoms with Crippen LogP contribution in [-0.4, -0.2) is 21.1 Å². The van der Waals surface area contributed by atoms with Crippen molar-refractivity contribution in [1.82, 2.24) is 9.97 Å². The van der Waals surface area contributed by atoms with Crippen molar-refractivity contribution in [2.45, 2.75) is 26.0 Å². The number of hydrogen-bond donors (Lipinski definition) is 1. The van der Waals surface area contributed by atoms with E-state index in [2.05, 4.69) is 40.0 Å². The molecule has 0 saturated carbocycles. The number of nitrogens with zero attached hydrogens (tertiary/aromatic N) is 3. The summed E-state index contributed by atoms with van der Waals surface area (Å²) in [7, 11) is 0. The van der Waals surface area contributed by atoms with Crippen LogP contribution in [0.3, 0.4) is 0 Å². The Bertz CT molecular complexity index is 553. The molecule has 0 spiro atoms. The van der Waals surface area contributed by atoms with Crippen LogP contribution < -0.4 is 4.90 Å². The van der Waals surface area contributed by atoms with E-state index in [1.54, 1.807) is 12.4 Å². The maximum absolute atomic E-state index is 9.01. The normalized spacial score (nSPS) is 17.9. The standard InChI is InChI=1S/C14H15N3O/c1-10-6-12-4-2-3-5-13(12)17(10)14-15-7-11(9-18)8-16-14/h2-5,7-8,10,18H,6,9H2,1H3. The minimum Gasteiger partial charge on any atom is -0.392 e. The summed E-state index contributed by atoms with van der Waals surface area (Å²) in [6.45, 7) is 2.15. The van der Waals surface area contributed by atoms with Gasteiger partial charge in [0, 0.05) is 29.7 Å². The molecule has 2 heterocycles. The van der Waals surface area contributed by atoms with Crippen LogP contribution in [0.25, 0.3) is 0 Å². The number of aliphatic hydroxyl groups excluding tert-OH is 1. The van der Waals surface area contributed by atoms with E-state index in [1.807, 2.05) is 6.07 Å². The molecule has 4 nitrogen and oxygen atoms in total. The van der Waals surface area contributed by atoms with Gasteiger partial charge in [-0.15, -0.1) is 0 Å². The number of para-hydroxylation sites is 1. The first-order valence-electron chi connectivity index (χ1n) is 6.08. The highest BCUT2D eigenvalue weighted by Crippen LogP contribution is 2.35. The van der Waals surface area contributed by atoms with Crippen LogP contribution in [0.15, 0.2) is 36.7 Å². The van der Waals surface area contributed by atoms with Gasteiger partial charge in [0.1, 0.15) is 0 Å². The summed E-state index contributed by atoms with van der Waals surface area (Å²) in [6.07, 6.45) is 4.37. The van der Waals surface area contributed by atoms with Crippen molar-refractivity contribution in [3.8, 4) is 0 Å². The molecule has 1 aromatic heterocycles. The lowest BCUT2D eigenvalue weighted by Gasteiger charge is -2.22. The molecule has 1 unspecified atom stereocenters. The van der Waals surface area contributed by atoms with E-state index in [9.17, 15) is 0 Å². The molecule has 1 N–H and O–H groups in total. The number of rotatable bonds is 2. The minimum atomic E-state index is -0.0214. The third-order valence-electron chi connectivity index (χ3n) is 3.30. The van der Waals surface area contributed by atoms with Gasteiger partial charge in [-0.05, 0) is 25.0 Å². The average Bonchev–Trinajstić information content (AvgIpc) is 2.75. The van der Waals surface area contributed by atoms with Gasteiger partial charge in [0.15, 0.2) is 0 Å². The third kappa shape index (κ3) is 1.75. The monoisotopic (exact) mass is 241 g/mol. The van der Waals surface area contributed by atoms with Crippen LogP contribution in [0.2, 0.25) is 0 Å². The topological polar surface area (TPSA) is 49.2 Å². The van der Waals surface area contributed by atoms with E-state index in [0.717, 1.165) is 12.0 Å². The van der Waals surface area contributed by atoms with Gasteiger partial charge in [-0.25, -0.2) is 9.97 Å². The van der Waals surface area contributed by atoms with Gasteiger partial charge in [-0.2, -0.15) is 0 Å². The Morgan fingerprint density at radius 2 is 2.00 bits per heavy atom. The lowest BCUT2D eigenvalue weighted by molar-refractivity contribution is 0.281. The molecule has 0 amide bonds. The maximum Gasteiger partial charge on any atom is 0.230 e. The molecule has 1 aliphatic rings. The van der Waals surface area contributed by atoms with E-state index in [0.29, 0.717) is 12.0 Å². The minimum absolute atomic E-state index is 0.0214. The third-order valence-corrected chi connectivity index (χ3v) is 3.30. The molecule has 1 atom stereocenters. The zero-order valence-corrected chi connectivity index (χ0v) is 10.2. The van der Waals surface area contributed by atoms with Crippen molar-refractivity contribution in [3.63, 3.8) is 0 Å². The van der Waals surface area contributed by atoms with Crippen molar-refractivity contribution in [3.05, 3.63) is 47.8 Å². The highest BCUT2D eigenvalue weighted by molar-refractivity contribution is 5.66. The van der Waals surface area contributed by atoms with Crippen molar-refractivity contribution < 1.29 is 5.11 Å². The summed E-state index contributed by atoms with van der Waals surface area (Å²) >= 11 is 0. The predicted molar refractivity (Wildman–Crippen MR) is 69.7 cm³/mol. The van der Waals surface area contributed by atoms with Gasteiger partial charge >= 0.3 is 0 Å². The van der Waals surface area contributed by atoms with Gasteiger partial charge in [0.25, 0.3) is 0 Å². The summed E-state index contributed by atoms with van der Waals surface area (Å²) in [6, 6.07) is 8.70. The first-order chi connectivity index (χ1) is 8.79. The van der Waals surface area contributed by atoms with E-state index < -0.39 is 0 Å². The molecule has 18 heavy (non-hydrogen) atoms. The van der Waals surface area contributed by atoms with Crippen LogP contribution >= 0.6 is 0 Å². The van der Waals surface area contributed by atoms with Gasteiger partial charge in [-0.3, -0.25) is 0 Å². The molecule has 4 heteroatoms. The Kier molecular flexibility index (Phi) is 2.72. The summed E-state index contributed by atoms with van der Waals surface area (Å²) in [5.41, 5.74) is 3.25. The van der Waals surface area contributed by atoms with E-state index in [4.69, 9.17) is 5.11 Å². The first-order valence-corrected chi connectivity index (χ1v) is 6.08. The summed E-state index contributed by atoms with van der Waals surface area (Å²) in [4.78, 5) is 10.8. The Balaban J connectivity index is 2.00. The Labute approximate surface area is 106 Å². The first kappa shape index (κ1) is 11.2. The fourth-order valence-electron chi connectivity index (χ4n) is 2.42. The van der Waals surface area contributed by atoms with E-state index >= 15 is 0 Å².